The maximum atomic E-state index is 12.2. The second-order valence-electron chi connectivity index (χ2n) is 5.75. The lowest BCUT2D eigenvalue weighted by Gasteiger charge is -2.18. The second kappa shape index (κ2) is 6.52. The summed E-state index contributed by atoms with van der Waals surface area (Å²) < 4.78 is 26.8. The van der Waals surface area contributed by atoms with Crippen molar-refractivity contribution < 1.29 is 18.3 Å². The van der Waals surface area contributed by atoms with Crippen molar-refractivity contribution >= 4 is 39.2 Å². The molecule has 0 heterocycles. The second-order valence-corrected chi connectivity index (χ2v) is 8.27. The summed E-state index contributed by atoms with van der Waals surface area (Å²) in [6.07, 6.45) is 0.628. The van der Waals surface area contributed by atoms with Crippen LogP contribution in [0.15, 0.2) is 17.0 Å². The van der Waals surface area contributed by atoms with Gasteiger partial charge in [-0.05, 0) is 24.0 Å². The Kier molecular flexibility index (Phi) is 5.66. The first-order valence-corrected chi connectivity index (χ1v) is 8.40. The van der Waals surface area contributed by atoms with Crippen LogP contribution in [-0.2, 0) is 10.0 Å². The van der Waals surface area contributed by atoms with E-state index in [2.05, 4.69) is 4.72 Å². The summed E-state index contributed by atoms with van der Waals surface area (Å²) in [5.41, 5.74) is -0.449. The van der Waals surface area contributed by atoms with Crippen LogP contribution in [0.2, 0.25) is 10.0 Å². The molecule has 0 aliphatic heterocycles. The van der Waals surface area contributed by atoms with Gasteiger partial charge in [0.15, 0.2) is 0 Å². The SMILES string of the molecule is CC(C)(C)CCNS(=O)(=O)c1ccc(Cl)c(C(=O)O)c1Cl. The van der Waals surface area contributed by atoms with Crippen LogP contribution in [-0.4, -0.2) is 26.0 Å². The van der Waals surface area contributed by atoms with Crippen LogP contribution in [0.4, 0.5) is 0 Å². The Morgan fingerprint density at radius 2 is 1.86 bits per heavy atom. The molecule has 1 aromatic carbocycles. The molecule has 2 N–H and O–H groups in total. The molecule has 0 aliphatic carbocycles. The molecule has 0 fully saturated rings. The average Bonchev–Trinajstić information content (AvgIpc) is 2.25. The van der Waals surface area contributed by atoms with Crippen LogP contribution in [0.25, 0.3) is 0 Å². The number of benzene rings is 1. The van der Waals surface area contributed by atoms with E-state index in [1.54, 1.807) is 0 Å². The fourth-order valence-electron chi connectivity index (χ4n) is 1.58. The zero-order valence-electron chi connectivity index (χ0n) is 11.9. The Morgan fingerprint density at radius 1 is 1.29 bits per heavy atom. The largest absolute Gasteiger partial charge is 0.478 e. The third-order valence-electron chi connectivity index (χ3n) is 2.73. The van der Waals surface area contributed by atoms with Crippen molar-refractivity contribution in [3.8, 4) is 0 Å². The van der Waals surface area contributed by atoms with E-state index in [9.17, 15) is 13.2 Å². The van der Waals surface area contributed by atoms with Gasteiger partial charge < -0.3 is 5.11 Å². The first-order valence-electron chi connectivity index (χ1n) is 6.17. The van der Waals surface area contributed by atoms with E-state index in [0.29, 0.717) is 6.42 Å². The van der Waals surface area contributed by atoms with Gasteiger partial charge in [-0.1, -0.05) is 44.0 Å². The molecule has 0 aliphatic rings. The van der Waals surface area contributed by atoms with Gasteiger partial charge in [0.25, 0.3) is 0 Å². The van der Waals surface area contributed by atoms with Crippen molar-refractivity contribution in [2.45, 2.75) is 32.1 Å². The van der Waals surface area contributed by atoms with Gasteiger partial charge in [-0.2, -0.15) is 0 Å². The molecule has 21 heavy (non-hydrogen) atoms. The molecule has 0 saturated heterocycles. The van der Waals surface area contributed by atoms with Crippen molar-refractivity contribution in [1.82, 2.24) is 4.72 Å². The number of carbonyl (C=O) groups is 1. The van der Waals surface area contributed by atoms with E-state index in [-0.39, 0.29) is 21.9 Å². The van der Waals surface area contributed by atoms with Gasteiger partial charge >= 0.3 is 5.97 Å². The molecule has 0 atom stereocenters. The Hall–Kier alpha value is -0.820. The molecule has 8 heteroatoms. The molecular formula is C13H17Cl2NO4S. The Morgan fingerprint density at radius 3 is 2.33 bits per heavy atom. The lowest BCUT2D eigenvalue weighted by molar-refractivity contribution is 0.0697. The molecule has 0 spiro atoms. The van der Waals surface area contributed by atoms with E-state index in [1.165, 1.54) is 12.1 Å². The van der Waals surface area contributed by atoms with Gasteiger partial charge in [-0.25, -0.2) is 17.9 Å². The highest BCUT2D eigenvalue weighted by Gasteiger charge is 2.25. The molecular weight excluding hydrogens is 337 g/mol. The molecule has 0 radical (unpaired) electrons. The zero-order valence-corrected chi connectivity index (χ0v) is 14.2. The van der Waals surface area contributed by atoms with Crippen molar-refractivity contribution in [3.05, 3.63) is 27.7 Å². The van der Waals surface area contributed by atoms with Gasteiger partial charge in [0.1, 0.15) is 4.90 Å². The van der Waals surface area contributed by atoms with Crippen molar-refractivity contribution in [2.75, 3.05) is 6.54 Å². The summed E-state index contributed by atoms with van der Waals surface area (Å²) in [5, 5.41) is 8.53. The first-order chi connectivity index (χ1) is 9.46. The number of hydrogen-bond donors (Lipinski definition) is 2. The number of nitrogens with one attached hydrogen (secondary N) is 1. The molecule has 0 amide bonds. The topological polar surface area (TPSA) is 83.5 Å². The molecule has 118 valence electrons. The van der Waals surface area contributed by atoms with Crippen LogP contribution in [0, 0.1) is 5.41 Å². The van der Waals surface area contributed by atoms with E-state index in [1.807, 2.05) is 20.8 Å². The molecule has 0 unspecified atom stereocenters. The highest BCUT2D eigenvalue weighted by Crippen LogP contribution is 2.31. The van der Waals surface area contributed by atoms with Crippen molar-refractivity contribution in [2.24, 2.45) is 5.41 Å². The lowest BCUT2D eigenvalue weighted by atomic mass is 9.93. The zero-order chi connectivity index (χ0) is 16.4. The van der Waals surface area contributed by atoms with E-state index in [4.69, 9.17) is 28.3 Å². The molecule has 1 rings (SSSR count). The number of carboxylic acid groups (broad SMARTS) is 1. The quantitative estimate of drug-likeness (QED) is 0.849. The third kappa shape index (κ3) is 4.85. The van der Waals surface area contributed by atoms with Crippen LogP contribution in [0.5, 0.6) is 0 Å². The molecule has 0 aromatic heterocycles. The minimum absolute atomic E-state index is 0.0292. The van der Waals surface area contributed by atoms with Crippen LogP contribution < -0.4 is 4.72 Å². The number of rotatable bonds is 5. The highest BCUT2D eigenvalue weighted by molar-refractivity contribution is 7.89. The summed E-state index contributed by atoms with van der Waals surface area (Å²) in [6, 6.07) is 2.39. The smallest absolute Gasteiger partial charge is 0.338 e. The minimum Gasteiger partial charge on any atom is -0.478 e. The fraction of sp³-hybridized carbons (Fsp3) is 0.462. The van der Waals surface area contributed by atoms with Gasteiger partial charge in [0.2, 0.25) is 10.0 Å². The van der Waals surface area contributed by atoms with E-state index in [0.717, 1.165) is 0 Å². The fourth-order valence-corrected chi connectivity index (χ4v) is 3.52. The van der Waals surface area contributed by atoms with Gasteiger partial charge in [-0.3, -0.25) is 0 Å². The predicted octanol–water partition coefficient (Wildman–Crippen LogP) is 3.41. The van der Waals surface area contributed by atoms with E-state index >= 15 is 0 Å². The van der Waals surface area contributed by atoms with Gasteiger partial charge in [0.05, 0.1) is 15.6 Å². The number of halogens is 2. The van der Waals surface area contributed by atoms with Crippen LogP contribution >= 0.6 is 23.2 Å². The van der Waals surface area contributed by atoms with Crippen LogP contribution in [0.3, 0.4) is 0 Å². The standard InChI is InChI=1S/C13H17Cl2NO4S/c1-13(2,3)6-7-16-21(19,20)9-5-4-8(14)10(11(9)15)12(17)18/h4-5,16H,6-7H2,1-3H3,(H,17,18). The summed E-state index contributed by atoms with van der Waals surface area (Å²) in [5.74, 6) is -1.38. The minimum atomic E-state index is -3.89. The predicted molar refractivity (Wildman–Crippen MR) is 82.7 cm³/mol. The molecule has 0 bridgehead atoms. The number of carboxylic acids is 1. The van der Waals surface area contributed by atoms with Crippen molar-refractivity contribution in [1.29, 1.82) is 0 Å². The third-order valence-corrected chi connectivity index (χ3v) is 5.05. The number of hydrogen-bond acceptors (Lipinski definition) is 3. The van der Waals surface area contributed by atoms with Crippen LogP contribution in [0.1, 0.15) is 37.6 Å². The summed E-state index contributed by atoms with van der Waals surface area (Å²) in [4.78, 5) is 10.8. The van der Waals surface area contributed by atoms with E-state index < -0.39 is 26.6 Å². The summed E-state index contributed by atoms with van der Waals surface area (Å²) in [6.45, 7) is 6.19. The molecule has 0 saturated carbocycles. The Balaban J connectivity index is 3.10. The Labute approximate surface area is 134 Å². The normalized spacial score (nSPS) is 12.4. The highest BCUT2D eigenvalue weighted by atomic mass is 35.5. The first kappa shape index (κ1) is 18.2. The van der Waals surface area contributed by atoms with Crippen molar-refractivity contribution in [3.63, 3.8) is 0 Å². The maximum absolute atomic E-state index is 12.2. The lowest BCUT2D eigenvalue weighted by Crippen LogP contribution is -2.28. The van der Waals surface area contributed by atoms with Gasteiger partial charge in [0, 0.05) is 6.54 Å². The number of aromatic carboxylic acids is 1. The monoisotopic (exact) mass is 353 g/mol. The number of sulfonamides is 1. The average molecular weight is 354 g/mol. The molecule has 5 nitrogen and oxygen atoms in total. The Bertz CT molecular complexity index is 651. The summed E-state index contributed by atoms with van der Waals surface area (Å²) in [7, 11) is -3.89. The maximum Gasteiger partial charge on any atom is 0.338 e. The van der Waals surface area contributed by atoms with Gasteiger partial charge in [-0.15, -0.1) is 0 Å². The summed E-state index contributed by atoms with van der Waals surface area (Å²) >= 11 is 11.6. The molecule has 1 aromatic rings.